The van der Waals surface area contributed by atoms with E-state index in [1.165, 1.54) is 41.7 Å². The first-order chi connectivity index (χ1) is 17.3. The Morgan fingerprint density at radius 1 is 0.543 bits per heavy atom. The van der Waals surface area contributed by atoms with Crippen LogP contribution in [0.2, 0.25) is 0 Å². The van der Waals surface area contributed by atoms with Gasteiger partial charge >= 0.3 is 0 Å². The first-order valence-corrected chi connectivity index (χ1v) is 13.9. The number of hydrogen-bond acceptors (Lipinski definition) is 4. The number of thiazole rings is 2. The van der Waals surface area contributed by atoms with E-state index in [0.29, 0.717) is 11.8 Å². The summed E-state index contributed by atoms with van der Waals surface area (Å²) in [4.78, 5) is 10.5. The van der Waals surface area contributed by atoms with E-state index in [9.17, 15) is 0 Å². The fourth-order valence-electron chi connectivity index (χ4n) is 6.80. The Morgan fingerprint density at radius 3 is 1.46 bits per heavy atom. The van der Waals surface area contributed by atoms with E-state index >= 15 is 0 Å². The van der Waals surface area contributed by atoms with Crippen LogP contribution < -0.4 is 0 Å². The van der Waals surface area contributed by atoms with Gasteiger partial charge in [0.25, 0.3) is 0 Å². The van der Waals surface area contributed by atoms with E-state index in [4.69, 9.17) is 9.97 Å². The van der Waals surface area contributed by atoms with Crippen molar-refractivity contribution in [3.05, 3.63) is 118 Å². The molecule has 8 rings (SSSR count). The molecule has 168 valence electrons. The lowest BCUT2D eigenvalue weighted by Crippen LogP contribution is -2.34. The number of benzene rings is 4. The lowest BCUT2D eigenvalue weighted by atomic mass is 9.65. The molecule has 2 aliphatic carbocycles. The van der Waals surface area contributed by atoms with Crippen molar-refractivity contribution in [2.45, 2.75) is 30.1 Å². The van der Waals surface area contributed by atoms with E-state index in [-0.39, 0.29) is 5.41 Å². The molecular formula is C31H22N2S2. The Hall–Kier alpha value is -3.34. The van der Waals surface area contributed by atoms with Gasteiger partial charge in [-0.3, -0.25) is 0 Å². The summed E-state index contributed by atoms with van der Waals surface area (Å²) in [5.41, 5.74) is 7.73. The number of para-hydroxylation sites is 2. The molecule has 2 nitrogen and oxygen atoms in total. The molecule has 0 amide bonds. The van der Waals surface area contributed by atoms with Crippen molar-refractivity contribution in [3.8, 4) is 11.1 Å². The van der Waals surface area contributed by atoms with Crippen LogP contribution >= 0.6 is 22.7 Å². The molecule has 4 heteroatoms. The number of rotatable bonds is 2. The Balaban J connectivity index is 1.44. The molecule has 6 aromatic rings. The molecule has 2 unspecified atom stereocenters. The van der Waals surface area contributed by atoms with Gasteiger partial charge < -0.3 is 0 Å². The summed E-state index contributed by atoms with van der Waals surface area (Å²) in [5, 5.41) is 2.53. The molecule has 0 bridgehead atoms. The number of nitrogens with zero attached hydrogens (tertiary/aromatic N) is 2. The minimum atomic E-state index is -0.158. The summed E-state index contributed by atoms with van der Waals surface area (Å²) in [6.07, 6.45) is 2.23. The van der Waals surface area contributed by atoms with Crippen LogP contribution in [0.25, 0.3) is 31.6 Å². The third kappa shape index (κ3) is 2.64. The van der Waals surface area contributed by atoms with Crippen molar-refractivity contribution in [1.29, 1.82) is 0 Å². The maximum absolute atomic E-state index is 5.23. The molecular weight excluding hydrogens is 464 g/mol. The molecule has 2 atom stereocenters. The fraction of sp³-hybridized carbons (Fsp3) is 0.161. The average molecular weight is 487 g/mol. The van der Waals surface area contributed by atoms with E-state index in [2.05, 4.69) is 97.1 Å². The minimum absolute atomic E-state index is 0.158. The van der Waals surface area contributed by atoms with Gasteiger partial charge in [-0.05, 0) is 59.4 Å². The van der Waals surface area contributed by atoms with Crippen LogP contribution in [-0.4, -0.2) is 9.97 Å². The van der Waals surface area contributed by atoms with Crippen molar-refractivity contribution in [3.63, 3.8) is 0 Å². The van der Waals surface area contributed by atoms with Crippen molar-refractivity contribution >= 4 is 43.1 Å². The van der Waals surface area contributed by atoms with Crippen molar-refractivity contribution in [2.24, 2.45) is 0 Å². The van der Waals surface area contributed by atoms with E-state index in [1.54, 1.807) is 0 Å². The third-order valence-electron chi connectivity index (χ3n) is 8.10. The highest BCUT2D eigenvalue weighted by molar-refractivity contribution is 7.19. The zero-order valence-corrected chi connectivity index (χ0v) is 20.7. The minimum Gasteiger partial charge on any atom is -0.241 e. The molecule has 2 heterocycles. The molecule has 0 saturated heterocycles. The van der Waals surface area contributed by atoms with Gasteiger partial charge in [-0.1, -0.05) is 72.8 Å². The monoisotopic (exact) mass is 486 g/mol. The quantitative estimate of drug-likeness (QED) is 0.245. The summed E-state index contributed by atoms with van der Waals surface area (Å²) in [6, 6.07) is 35.3. The highest BCUT2D eigenvalue weighted by Gasteiger charge is 2.59. The van der Waals surface area contributed by atoms with Gasteiger partial charge in [0.05, 0.1) is 30.4 Å². The zero-order chi connectivity index (χ0) is 23.0. The van der Waals surface area contributed by atoms with Crippen LogP contribution in [0.5, 0.6) is 0 Å². The van der Waals surface area contributed by atoms with Crippen LogP contribution in [0.1, 0.15) is 45.8 Å². The summed E-state index contributed by atoms with van der Waals surface area (Å²) in [5.74, 6) is 0.642. The second-order valence-electron chi connectivity index (χ2n) is 9.68. The molecule has 1 saturated carbocycles. The summed E-state index contributed by atoms with van der Waals surface area (Å²) < 4.78 is 2.56. The van der Waals surface area contributed by atoms with Gasteiger partial charge in [-0.15, -0.1) is 22.7 Å². The van der Waals surface area contributed by atoms with Crippen LogP contribution in [0, 0.1) is 0 Å². The van der Waals surface area contributed by atoms with Crippen molar-refractivity contribution in [2.75, 3.05) is 0 Å². The van der Waals surface area contributed by atoms with E-state index in [0.717, 1.165) is 23.9 Å². The Morgan fingerprint density at radius 2 is 0.971 bits per heavy atom. The summed E-state index contributed by atoms with van der Waals surface area (Å²) in [6.45, 7) is 0. The number of aromatic nitrogens is 2. The van der Waals surface area contributed by atoms with Gasteiger partial charge in [-0.2, -0.15) is 0 Å². The largest absolute Gasteiger partial charge is 0.241 e. The standard InChI is InChI=1S/C31H22N2S2/c1-3-11-21-19(9-1)20-10-2-4-12-22(20)31(21)23(29-32-25-13-5-7-15-27(25)34-29)17-18-24(31)30-33-26-14-6-8-16-28(26)35-30/h1-16,23-24H,17-18H2. The summed E-state index contributed by atoms with van der Waals surface area (Å²) >= 11 is 3.76. The molecule has 1 spiro atoms. The predicted molar refractivity (Wildman–Crippen MR) is 147 cm³/mol. The average Bonchev–Trinajstić information content (AvgIpc) is 3.67. The Kier molecular flexibility index (Phi) is 4.17. The van der Waals surface area contributed by atoms with Gasteiger partial charge in [0.15, 0.2) is 0 Å². The van der Waals surface area contributed by atoms with Gasteiger partial charge in [-0.25, -0.2) is 9.97 Å². The highest BCUT2D eigenvalue weighted by atomic mass is 32.1. The lowest BCUT2D eigenvalue weighted by Gasteiger charge is -2.38. The second-order valence-corrected chi connectivity index (χ2v) is 11.8. The molecule has 4 aromatic carbocycles. The Labute approximate surface area is 211 Å². The van der Waals surface area contributed by atoms with Gasteiger partial charge in [0, 0.05) is 17.3 Å². The molecule has 2 aliphatic rings. The molecule has 0 radical (unpaired) electrons. The normalized spacial score (nSPS) is 20.0. The zero-order valence-electron chi connectivity index (χ0n) is 19.0. The smallest absolute Gasteiger partial charge is 0.0982 e. The van der Waals surface area contributed by atoms with Crippen LogP contribution in [0.15, 0.2) is 97.1 Å². The van der Waals surface area contributed by atoms with Crippen LogP contribution in [0.3, 0.4) is 0 Å². The predicted octanol–water partition coefficient (Wildman–Crippen LogP) is 8.53. The molecule has 1 fully saturated rings. The second kappa shape index (κ2) is 7.33. The molecule has 0 aliphatic heterocycles. The van der Waals surface area contributed by atoms with Gasteiger partial charge in [0.1, 0.15) is 0 Å². The van der Waals surface area contributed by atoms with E-state index < -0.39 is 0 Å². The molecule has 0 N–H and O–H groups in total. The van der Waals surface area contributed by atoms with Crippen molar-refractivity contribution in [1.82, 2.24) is 9.97 Å². The Bertz CT molecular complexity index is 1550. The third-order valence-corrected chi connectivity index (χ3v) is 10.4. The maximum atomic E-state index is 5.23. The molecule has 35 heavy (non-hydrogen) atoms. The fourth-order valence-corrected chi connectivity index (χ4v) is 9.16. The first kappa shape index (κ1) is 19.9. The first-order valence-electron chi connectivity index (χ1n) is 12.2. The molecule has 2 aromatic heterocycles. The van der Waals surface area contributed by atoms with E-state index in [1.807, 2.05) is 22.7 Å². The van der Waals surface area contributed by atoms with Crippen LogP contribution in [0.4, 0.5) is 0 Å². The van der Waals surface area contributed by atoms with Crippen molar-refractivity contribution < 1.29 is 0 Å². The summed E-state index contributed by atoms with van der Waals surface area (Å²) in [7, 11) is 0. The number of fused-ring (bicyclic) bond motifs is 7. The SMILES string of the molecule is c1ccc2c(c1)-c1ccccc1C21C(c2nc3ccccc3s2)CCC1c1nc2ccccc2s1. The lowest BCUT2D eigenvalue weighted by molar-refractivity contribution is 0.432. The maximum Gasteiger partial charge on any atom is 0.0982 e. The number of hydrogen-bond donors (Lipinski definition) is 0. The van der Waals surface area contributed by atoms with Crippen LogP contribution in [-0.2, 0) is 5.41 Å². The highest BCUT2D eigenvalue weighted by Crippen LogP contribution is 2.68. The topological polar surface area (TPSA) is 25.8 Å². The van der Waals surface area contributed by atoms with Gasteiger partial charge in [0.2, 0.25) is 0 Å².